The smallest absolute Gasteiger partial charge is 0.339 e. The van der Waals surface area contributed by atoms with Gasteiger partial charge in [-0.15, -0.1) is 11.3 Å². The van der Waals surface area contributed by atoms with Gasteiger partial charge < -0.3 is 4.74 Å². The Balaban J connectivity index is 1.39. The van der Waals surface area contributed by atoms with Crippen molar-refractivity contribution >= 4 is 34.7 Å². The number of hydrogen-bond acceptors (Lipinski definition) is 7. The normalized spacial score (nSPS) is 12.3. The van der Waals surface area contributed by atoms with Crippen molar-refractivity contribution in [2.75, 3.05) is 6.61 Å². The van der Waals surface area contributed by atoms with E-state index in [1.165, 1.54) is 29.5 Å². The number of carbonyl (C=O) groups excluding carboxylic acids is 4. The number of fused-ring (bicyclic) bond motifs is 2. The van der Waals surface area contributed by atoms with Gasteiger partial charge in [-0.3, -0.25) is 19.0 Å². The molecule has 4 aromatic rings. The number of aromatic nitrogens is 2. The van der Waals surface area contributed by atoms with Gasteiger partial charge in [0.05, 0.1) is 11.3 Å². The van der Waals surface area contributed by atoms with Crippen LogP contribution >= 0.6 is 11.3 Å². The summed E-state index contributed by atoms with van der Waals surface area (Å²) in [5, 5.41) is 2.69. The molecule has 0 radical (unpaired) electrons. The SMILES string of the molecule is Cc1csc(-n2c(C)cc(C(=O)COC(=O)c3cccc4c3C(=O)c3ccccc3C4=O)c2C)n1. The Bertz CT molecular complexity index is 1560. The Morgan fingerprint density at radius 3 is 2.29 bits per heavy atom. The summed E-state index contributed by atoms with van der Waals surface area (Å²) < 4.78 is 7.21. The highest BCUT2D eigenvalue weighted by Crippen LogP contribution is 2.30. The van der Waals surface area contributed by atoms with E-state index in [0.29, 0.717) is 16.8 Å². The van der Waals surface area contributed by atoms with Crippen LogP contribution in [0.4, 0.5) is 0 Å². The van der Waals surface area contributed by atoms with E-state index in [1.54, 1.807) is 30.3 Å². The second-order valence-corrected chi connectivity index (χ2v) is 9.16. The molecule has 0 N–H and O–H groups in total. The minimum Gasteiger partial charge on any atom is -0.454 e. The molecule has 0 unspecified atom stereocenters. The lowest BCUT2D eigenvalue weighted by molar-refractivity contribution is 0.0472. The molecule has 0 spiro atoms. The molecule has 8 heteroatoms. The number of Topliss-reactive ketones (excluding diaryl/α,β-unsaturated/α-hetero) is 1. The topological polar surface area (TPSA) is 95.3 Å². The summed E-state index contributed by atoms with van der Waals surface area (Å²) in [5.41, 5.74) is 3.52. The highest BCUT2D eigenvalue weighted by atomic mass is 32.1. The largest absolute Gasteiger partial charge is 0.454 e. The Labute approximate surface area is 205 Å². The fourth-order valence-electron chi connectivity index (χ4n) is 4.39. The lowest BCUT2D eigenvalue weighted by Gasteiger charge is -2.19. The fraction of sp³-hybridized carbons (Fsp3) is 0.148. The lowest BCUT2D eigenvalue weighted by Crippen LogP contribution is -2.25. The maximum absolute atomic E-state index is 13.1. The van der Waals surface area contributed by atoms with Crippen LogP contribution in [0.5, 0.6) is 0 Å². The third-order valence-corrected chi connectivity index (χ3v) is 6.98. The molecule has 1 aliphatic rings. The van der Waals surface area contributed by atoms with Crippen molar-refractivity contribution in [3.63, 3.8) is 0 Å². The molecule has 7 nitrogen and oxygen atoms in total. The molecule has 0 saturated heterocycles. The van der Waals surface area contributed by atoms with E-state index < -0.39 is 18.4 Å². The summed E-state index contributed by atoms with van der Waals surface area (Å²) in [7, 11) is 0. The Morgan fingerprint density at radius 2 is 1.60 bits per heavy atom. The maximum atomic E-state index is 13.1. The first-order valence-corrected chi connectivity index (χ1v) is 11.8. The minimum absolute atomic E-state index is 0.00552. The predicted molar refractivity (Wildman–Crippen MR) is 130 cm³/mol. The van der Waals surface area contributed by atoms with E-state index in [0.717, 1.165) is 16.5 Å². The first-order valence-electron chi connectivity index (χ1n) is 10.9. The maximum Gasteiger partial charge on any atom is 0.339 e. The predicted octanol–water partition coefficient (Wildman–Crippen LogP) is 4.67. The summed E-state index contributed by atoms with van der Waals surface area (Å²) in [6.07, 6.45) is 0. The summed E-state index contributed by atoms with van der Waals surface area (Å²) in [5.74, 6) is -1.95. The molecule has 0 bridgehead atoms. The van der Waals surface area contributed by atoms with Crippen molar-refractivity contribution in [3.8, 4) is 5.13 Å². The number of thiazole rings is 1. The van der Waals surface area contributed by atoms with Crippen LogP contribution < -0.4 is 0 Å². The average molecular weight is 485 g/mol. The highest BCUT2D eigenvalue weighted by Gasteiger charge is 2.33. The van der Waals surface area contributed by atoms with E-state index in [4.69, 9.17) is 4.74 Å². The third-order valence-electron chi connectivity index (χ3n) is 6.04. The van der Waals surface area contributed by atoms with Gasteiger partial charge in [0, 0.05) is 44.6 Å². The second-order valence-electron chi connectivity index (χ2n) is 8.32. The molecule has 35 heavy (non-hydrogen) atoms. The van der Waals surface area contributed by atoms with E-state index in [1.807, 2.05) is 30.7 Å². The van der Waals surface area contributed by atoms with Crippen LogP contribution in [0.3, 0.4) is 0 Å². The third kappa shape index (κ3) is 3.72. The average Bonchev–Trinajstić information content (AvgIpc) is 3.41. The first-order chi connectivity index (χ1) is 16.8. The highest BCUT2D eigenvalue weighted by molar-refractivity contribution is 7.12. The van der Waals surface area contributed by atoms with Gasteiger partial charge in [-0.25, -0.2) is 9.78 Å². The standard InChI is InChI=1S/C27H20N2O5S/c1-14-13-35-27(28-14)29-15(2)11-21(16(29)3)22(30)12-34-26(33)20-10-6-9-19-23(20)25(32)18-8-5-4-7-17(18)24(19)31/h4-11,13H,12H2,1-3H3. The summed E-state index contributed by atoms with van der Waals surface area (Å²) >= 11 is 1.48. The monoisotopic (exact) mass is 484 g/mol. The molecule has 5 rings (SSSR count). The molecular formula is C27H20N2O5S. The van der Waals surface area contributed by atoms with Crippen LogP contribution in [0.15, 0.2) is 53.9 Å². The van der Waals surface area contributed by atoms with E-state index in [9.17, 15) is 19.2 Å². The number of benzene rings is 2. The Kier molecular flexibility index (Phi) is 5.53. The molecular weight excluding hydrogens is 464 g/mol. The number of ether oxygens (including phenoxy) is 1. The van der Waals surface area contributed by atoms with Gasteiger partial charge in [-0.05, 0) is 32.9 Å². The Hall–Kier alpha value is -4.17. The van der Waals surface area contributed by atoms with Crippen LogP contribution in [-0.4, -0.2) is 39.5 Å². The van der Waals surface area contributed by atoms with Gasteiger partial charge in [0.15, 0.2) is 23.3 Å². The van der Waals surface area contributed by atoms with Crippen LogP contribution in [0.1, 0.15) is 69.6 Å². The molecule has 0 amide bonds. The van der Waals surface area contributed by atoms with E-state index >= 15 is 0 Å². The Morgan fingerprint density at radius 1 is 0.914 bits per heavy atom. The zero-order chi connectivity index (χ0) is 24.9. The van der Waals surface area contributed by atoms with Crippen molar-refractivity contribution in [2.45, 2.75) is 20.8 Å². The molecule has 2 heterocycles. The number of ketones is 3. The van der Waals surface area contributed by atoms with Crippen molar-refractivity contribution in [1.82, 2.24) is 9.55 Å². The van der Waals surface area contributed by atoms with Gasteiger partial charge in [0.25, 0.3) is 0 Å². The van der Waals surface area contributed by atoms with E-state index in [-0.39, 0.29) is 33.8 Å². The summed E-state index contributed by atoms with van der Waals surface area (Å²) in [4.78, 5) is 56.4. The quantitative estimate of drug-likeness (QED) is 0.266. The molecule has 2 aromatic carbocycles. The number of esters is 1. The van der Waals surface area contributed by atoms with Crippen LogP contribution in [0, 0.1) is 20.8 Å². The number of rotatable bonds is 5. The van der Waals surface area contributed by atoms with Crippen LogP contribution in [0.2, 0.25) is 0 Å². The molecule has 0 saturated carbocycles. The first kappa shape index (κ1) is 22.6. The van der Waals surface area contributed by atoms with Crippen molar-refractivity contribution in [1.29, 1.82) is 0 Å². The van der Waals surface area contributed by atoms with Gasteiger partial charge in [-0.1, -0.05) is 36.4 Å². The molecule has 0 aliphatic heterocycles. The van der Waals surface area contributed by atoms with Gasteiger partial charge in [0.1, 0.15) is 0 Å². The van der Waals surface area contributed by atoms with Crippen LogP contribution in [-0.2, 0) is 4.74 Å². The number of aryl methyl sites for hydroxylation is 2. The minimum atomic E-state index is -0.833. The van der Waals surface area contributed by atoms with Gasteiger partial charge >= 0.3 is 5.97 Å². The second kappa shape index (κ2) is 8.56. The van der Waals surface area contributed by atoms with Gasteiger partial charge in [-0.2, -0.15) is 0 Å². The number of nitrogens with zero attached hydrogens (tertiary/aromatic N) is 2. The molecule has 1 aliphatic carbocycles. The van der Waals surface area contributed by atoms with Crippen molar-refractivity contribution in [3.05, 3.63) is 104 Å². The van der Waals surface area contributed by atoms with Gasteiger partial charge in [0.2, 0.25) is 5.78 Å². The zero-order valence-electron chi connectivity index (χ0n) is 19.2. The number of hydrogen-bond donors (Lipinski definition) is 0. The molecule has 0 fully saturated rings. The fourth-order valence-corrected chi connectivity index (χ4v) is 5.30. The van der Waals surface area contributed by atoms with E-state index in [2.05, 4.69) is 4.98 Å². The van der Waals surface area contributed by atoms with Crippen LogP contribution in [0.25, 0.3) is 5.13 Å². The number of carbonyl (C=O) groups is 4. The van der Waals surface area contributed by atoms with Crippen molar-refractivity contribution < 1.29 is 23.9 Å². The summed E-state index contributed by atoms with van der Waals surface area (Å²) in [6, 6.07) is 12.7. The lowest BCUT2D eigenvalue weighted by atomic mass is 9.82. The summed E-state index contributed by atoms with van der Waals surface area (Å²) in [6.45, 7) is 5.10. The molecule has 2 aromatic heterocycles. The molecule has 174 valence electrons. The molecule has 0 atom stereocenters. The zero-order valence-corrected chi connectivity index (χ0v) is 20.1. The van der Waals surface area contributed by atoms with Crippen molar-refractivity contribution in [2.24, 2.45) is 0 Å².